The number of para-hydroxylation sites is 2. The SMILES string of the molecule is Cc1cc(-n2cnc3ccccc32)ncc1[N+](=O)[O-]. The first kappa shape index (κ1) is 11.3. The number of aryl methyl sites for hydroxylation is 1. The zero-order chi connectivity index (χ0) is 13.4. The van der Waals surface area contributed by atoms with E-state index in [1.54, 1.807) is 19.3 Å². The Morgan fingerprint density at radius 1 is 1.26 bits per heavy atom. The number of fused-ring (bicyclic) bond motifs is 1. The van der Waals surface area contributed by atoms with E-state index in [0.29, 0.717) is 11.4 Å². The zero-order valence-corrected chi connectivity index (χ0v) is 10.1. The van der Waals surface area contributed by atoms with Crippen LogP contribution in [0.2, 0.25) is 0 Å². The van der Waals surface area contributed by atoms with Crippen molar-refractivity contribution in [3.8, 4) is 5.82 Å². The van der Waals surface area contributed by atoms with Gasteiger partial charge in [-0.15, -0.1) is 0 Å². The molecule has 0 bridgehead atoms. The van der Waals surface area contributed by atoms with Gasteiger partial charge in [0.25, 0.3) is 5.69 Å². The number of nitro groups is 1. The predicted molar refractivity (Wildman–Crippen MR) is 70.3 cm³/mol. The van der Waals surface area contributed by atoms with E-state index in [9.17, 15) is 10.1 Å². The van der Waals surface area contributed by atoms with Gasteiger partial charge in [0, 0.05) is 5.56 Å². The van der Waals surface area contributed by atoms with Crippen LogP contribution in [0.3, 0.4) is 0 Å². The molecule has 1 aromatic carbocycles. The number of rotatable bonds is 2. The van der Waals surface area contributed by atoms with Gasteiger partial charge in [-0.3, -0.25) is 14.7 Å². The van der Waals surface area contributed by atoms with Gasteiger partial charge < -0.3 is 0 Å². The maximum absolute atomic E-state index is 10.8. The summed E-state index contributed by atoms with van der Waals surface area (Å²) in [4.78, 5) is 18.8. The van der Waals surface area contributed by atoms with Crippen molar-refractivity contribution in [3.05, 3.63) is 58.5 Å². The molecule has 0 N–H and O–H groups in total. The summed E-state index contributed by atoms with van der Waals surface area (Å²) in [5.41, 5.74) is 2.38. The minimum atomic E-state index is -0.432. The van der Waals surface area contributed by atoms with E-state index in [1.165, 1.54) is 6.20 Å². The first-order chi connectivity index (χ1) is 9.16. The van der Waals surface area contributed by atoms with Crippen molar-refractivity contribution in [2.45, 2.75) is 6.92 Å². The Kier molecular flexibility index (Phi) is 2.49. The lowest BCUT2D eigenvalue weighted by Crippen LogP contribution is -1.99. The molecule has 0 saturated heterocycles. The van der Waals surface area contributed by atoms with Crippen molar-refractivity contribution in [1.82, 2.24) is 14.5 Å². The number of nitrogens with zero attached hydrogens (tertiary/aromatic N) is 4. The molecule has 3 rings (SSSR count). The van der Waals surface area contributed by atoms with Crippen molar-refractivity contribution < 1.29 is 4.92 Å². The highest BCUT2D eigenvalue weighted by Crippen LogP contribution is 2.21. The minimum Gasteiger partial charge on any atom is -0.283 e. The fourth-order valence-electron chi connectivity index (χ4n) is 2.00. The lowest BCUT2D eigenvalue weighted by atomic mass is 10.2. The highest BCUT2D eigenvalue weighted by molar-refractivity contribution is 5.76. The second kappa shape index (κ2) is 4.16. The fourth-order valence-corrected chi connectivity index (χ4v) is 2.00. The Balaban J connectivity index is 2.17. The van der Waals surface area contributed by atoms with Gasteiger partial charge in [0.1, 0.15) is 18.3 Å². The quantitative estimate of drug-likeness (QED) is 0.520. The molecule has 0 aliphatic rings. The predicted octanol–water partition coefficient (Wildman–Crippen LogP) is 2.64. The number of imidazole rings is 1. The van der Waals surface area contributed by atoms with Gasteiger partial charge in [-0.25, -0.2) is 9.97 Å². The number of aromatic nitrogens is 3. The Bertz CT molecular complexity index is 779. The minimum absolute atomic E-state index is 0.0215. The van der Waals surface area contributed by atoms with Crippen LogP contribution < -0.4 is 0 Å². The van der Waals surface area contributed by atoms with Gasteiger partial charge in [-0.05, 0) is 25.1 Å². The first-order valence-corrected chi connectivity index (χ1v) is 5.70. The first-order valence-electron chi connectivity index (χ1n) is 5.70. The average Bonchev–Trinajstić information content (AvgIpc) is 2.82. The molecule has 0 fully saturated rings. The van der Waals surface area contributed by atoms with E-state index in [0.717, 1.165) is 11.0 Å². The molecule has 2 aromatic heterocycles. The molecule has 6 nitrogen and oxygen atoms in total. The molecule has 0 amide bonds. The molecular formula is C13H10N4O2. The lowest BCUT2D eigenvalue weighted by Gasteiger charge is -2.04. The van der Waals surface area contributed by atoms with Crippen LogP contribution in [0.1, 0.15) is 5.56 Å². The Morgan fingerprint density at radius 2 is 2.05 bits per heavy atom. The second-order valence-electron chi connectivity index (χ2n) is 4.19. The third kappa shape index (κ3) is 1.83. The maximum Gasteiger partial charge on any atom is 0.290 e. The third-order valence-corrected chi connectivity index (χ3v) is 2.97. The van der Waals surface area contributed by atoms with Crippen molar-refractivity contribution >= 4 is 16.7 Å². The van der Waals surface area contributed by atoms with Crippen LogP contribution in [-0.2, 0) is 0 Å². The summed E-state index contributed by atoms with van der Waals surface area (Å²) in [6, 6.07) is 9.35. The summed E-state index contributed by atoms with van der Waals surface area (Å²) in [6.07, 6.45) is 2.94. The largest absolute Gasteiger partial charge is 0.290 e. The molecule has 94 valence electrons. The standard InChI is InChI=1S/C13H10N4O2/c1-9-6-13(14-7-12(9)17(18)19)16-8-15-10-4-2-3-5-11(10)16/h2-8H,1H3. The van der Waals surface area contributed by atoms with E-state index in [1.807, 2.05) is 28.8 Å². The molecule has 0 radical (unpaired) electrons. The highest BCUT2D eigenvalue weighted by Gasteiger charge is 2.13. The smallest absolute Gasteiger partial charge is 0.283 e. The number of hydrogen-bond donors (Lipinski definition) is 0. The molecule has 19 heavy (non-hydrogen) atoms. The molecule has 0 atom stereocenters. The third-order valence-electron chi connectivity index (χ3n) is 2.97. The van der Waals surface area contributed by atoms with E-state index >= 15 is 0 Å². The number of pyridine rings is 1. The van der Waals surface area contributed by atoms with Crippen LogP contribution >= 0.6 is 0 Å². The van der Waals surface area contributed by atoms with Gasteiger partial charge in [-0.1, -0.05) is 12.1 Å². The summed E-state index contributed by atoms with van der Waals surface area (Å²) >= 11 is 0. The van der Waals surface area contributed by atoms with E-state index in [4.69, 9.17) is 0 Å². The molecule has 0 saturated carbocycles. The summed E-state index contributed by atoms with van der Waals surface area (Å²) in [5.74, 6) is 0.622. The Labute approximate surface area is 108 Å². The van der Waals surface area contributed by atoms with Crippen LogP contribution in [0.4, 0.5) is 5.69 Å². The van der Waals surface area contributed by atoms with Crippen molar-refractivity contribution in [1.29, 1.82) is 0 Å². The van der Waals surface area contributed by atoms with Gasteiger partial charge in [0.2, 0.25) is 0 Å². The molecule has 0 aliphatic heterocycles. The molecule has 2 heterocycles. The fraction of sp³-hybridized carbons (Fsp3) is 0.0769. The van der Waals surface area contributed by atoms with Crippen molar-refractivity contribution in [2.75, 3.05) is 0 Å². The molecule has 6 heteroatoms. The van der Waals surface area contributed by atoms with Crippen LogP contribution in [0.25, 0.3) is 16.9 Å². The summed E-state index contributed by atoms with van der Waals surface area (Å²) < 4.78 is 1.81. The topological polar surface area (TPSA) is 73.8 Å². The van der Waals surface area contributed by atoms with Crippen LogP contribution in [-0.4, -0.2) is 19.5 Å². The van der Waals surface area contributed by atoms with Crippen LogP contribution in [0, 0.1) is 17.0 Å². The maximum atomic E-state index is 10.8. The summed E-state index contributed by atoms with van der Waals surface area (Å²) in [5, 5.41) is 10.8. The Morgan fingerprint density at radius 3 is 2.79 bits per heavy atom. The van der Waals surface area contributed by atoms with E-state index < -0.39 is 4.92 Å². The van der Waals surface area contributed by atoms with Crippen molar-refractivity contribution in [3.63, 3.8) is 0 Å². The Hall–Kier alpha value is -2.76. The monoisotopic (exact) mass is 254 g/mol. The molecule has 3 aromatic rings. The number of hydrogen-bond acceptors (Lipinski definition) is 4. The summed E-state index contributed by atoms with van der Waals surface area (Å²) in [6.45, 7) is 1.70. The van der Waals surface area contributed by atoms with Gasteiger partial charge in [0.15, 0.2) is 0 Å². The van der Waals surface area contributed by atoms with Crippen LogP contribution in [0.15, 0.2) is 42.9 Å². The van der Waals surface area contributed by atoms with Gasteiger partial charge in [-0.2, -0.15) is 0 Å². The highest BCUT2D eigenvalue weighted by atomic mass is 16.6. The van der Waals surface area contributed by atoms with E-state index in [2.05, 4.69) is 9.97 Å². The van der Waals surface area contributed by atoms with Crippen molar-refractivity contribution in [2.24, 2.45) is 0 Å². The number of benzene rings is 1. The second-order valence-corrected chi connectivity index (χ2v) is 4.19. The van der Waals surface area contributed by atoms with Gasteiger partial charge in [0.05, 0.1) is 16.0 Å². The summed E-state index contributed by atoms with van der Waals surface area (Å²) in [7, 11) is 0. The van der Waals surface area contributed by atoms with Crippen LogP contribution in [0.5, 0.6) is 0 Å². The average molecular weight is 254 g/mol. The van der Waals surface area contributed by atoms with E-state index in [-0.39, 0.29) is 5.69 Å². The van der Waals surface area contributed by atoms with Gasteiger partial charge >= 0.3 is 0 Å². The molecule has 0 aliphatic carbocycles. The lowest BCUT2D eigenvalue weighted by molar-refractivity contribution is -0.385. The molecular weight excluding hydrogens is 244 g/mol. The zero-order valence-electron chi connectivity index (χ0n) is 10.1. The molecule has 0 unspecified atom stereocenters. The normalized spacial score (nSPS) is 10.8. The molecule has 0 spiro atoms.